The molecule has 1 aromatic heterocycles. The van der Waals surface area contributed by atoms with Gasteiger partial charge in [-0.2, -0.15) is 0 Å². The number of carbonyl (C=O) groups excluding carboxylic acids is 1. The van der Waals surface area contributed by atoms with Crippen LogP contribution >= 0.6 is 0 Å². The van der Waals surface area contributed by atoms with E-state index >= 15 is 0 Å². The normalized spacial score (nSPS) is 10.6. The summed E-state index contributed by atoms with van der Waals surface area (Å²) >= 11 is 0. The van der Waals surface area contributed by atoms with Gasteiger partial charge in [-0.3, -0.25) is 4.79 Å². The third-order valence-corrected chi connectivity index (χ3v) is 3.79. The lowest BCUT2D eigenvalue weighted by molar-refractivity contribution is 0.0752. The van der Waals surface area contributed by atoms with Crippen molar-refractivity contribution in [1.29, 1.82) is 0 Å². The lowest BCUT2D eigenvalue weighted by Gasteiger charge is -2.22. The second-order valence-electron chi connectivity index (χ2n) is 5.24. The number of benzene rings is 1. The van der Waals surface area contributed by atoms with Gasteiger partial charge in [0.2, 0.25) is 0 Å². The van der Waals surface area contributed by atoms with E-state index in [1.165, 1.54) is 5.56 Å². The number of aryl methyl sites for hydroxylation is 1. The molecule has 112 valence electrons. The van der Waals surface area contributed by atoms with Gasteiger partial charge in [-0.1, -0.05) is 30.3 Å². The molecule has 2 N–H and O–H groups in total. The zero-order chi connectivity index (χ0) is 15.2. The van der Waals surface area contributed by atoms with Crippen LogP contribution in [-0.4, -0.2) is 35.0 Å². The van der Waals surface area contributed by atoms with Crippen molar-refractivity contribution in [2.75, 3.05) is 19.6 Å². The smallest absolute Gasteiger partial charge is 0.270 e. The molecule has 2 aromatic rings. The van der Waals surface area contributed by atoms with Crippen LogP contribution in [-0.2, 0) is 13.5 Å². The molecule has 1 amide bonds. The molecule has 4 nitrogen and oxygen atoms in total. The Balaban J connectivity index is 2.07. The van der Waals surface area contributed by atoms with Gasteiger partial charge in [-0.05, 0) is 31.0 Å². The summed E-state index contributed by atoms with van der Waals surface area (Å²) in [7, 11) is 1.92. The molecule has 0 fully saturated rings. The molecule has 0 bridgehead atoms. The van der Waals surface area contributed by atoms with Gasteiger partial charge in [0.15, 0.2) is 0 Å². The molecule has 0 atom stereocenters. The van der Waals surface area contributed by atoms with Crippen molar-refractivity contribution in [3.63, 3.8) is 0 Å². The Morgan fingerprint density at radius 2 is 1.86 bits per heavy atom. The van der Waals surface area contributed by atoms with E-state index in [0.717, 1.165) is 12.1 Å². The Labute approximate surface area is 126 Å². The van der Waals surface area contributed by atoms with Crippen LogP contribution in [0.3, 0.4) is 0 Å². The summed E-state index contributed by atoms with van der Waals surface area (Å²) in [5, 5.41) is 0. The van der Waals surface area contributed by atoms with E-state index in [4.69, 9.17) is 5.73 Å². The second kappa shape index (κ2) is 7.09. The predicted octanol–water partition coefficient (Wildman–Crippen LogP) is 1.98. The first kappa shape index (κ1) is 15.3. The van der Waals surface area contributed by atoms with Crippen molar-refractivity contribution in [3.05, 3.63) is 59.4 Å². The van der Waals surface area contributed by atoms with E-state index in [1.54, 1.807) is 0 Å². The topological polar surface area (TPSA) is 51.3 Å². The Bertz CT molecular complexity index is 589. The molecule has 1 heterocycles. The Kier molecular flexibility index (Phi) is 5.17. The van der Waals surface area contributed by atoms with Gasteiger partial charge >= 0.3 is 0 Å². The SMILES string of the molecule is Cc1ccc(C(=O)N(CCN)CCc2ccccc2)n1C. The van der Waals surface area contributed by atoms with Crippen LogP contribution in [0, 0.1) is 6.92 Å². The van der Waals surface area contributed by atoms with Crippen molar-refractivity contribution in [2.24, 2.45) is 12.8 Å². The maximum Gasteiger partial charge on any atom is 0.270 e. The highest BCUT2D eigenvalue weighted by Crippen LogP contribution is 2.10. The fourth-order valence-corrected chi connectivity index (χ4v) is 2.37. The first-order valence-electron chi connectivity index (χ1n) is 7.29. The Morgan fingerprint density at radius 3 is 2.43 bits per heavy atom. The molecular weight excluding hydrogens is 262 g/mol. The molecule has 2 rings (SSSR count). The van der Waals surface area contributed by atoms with Crippen molar-refractivity contribution >= 4 is 5.91 Å². The van der Waals surface area contributed by atoms with Gasteiger partial charge < -0.3 is 15.2 Å². The van der Waals surface area contributed by atoms with Crippen molar-refractivity contribution in [2.45, 2.75) is 13.3 Å². The number of carbonyl (C=O) groups is 1. The lowest BCUT2D eigenvalue weighted by Crippen LogP contribution is -2.37. The number of rotatable bonds is 6. The predicted molar refractivity (Wildman–Crippen MR) is 85.3 cm³/mol. The summed E-state index contributed by atoms with van der Waals surface area (Å²) < 4.78 is 1.92. The first-order chi connectivity index (χ1) is 10.1. The van der Waals surface area contributed by atoms with Gasteiger partial charge in [0, 0.05) is 32.4 Å². The third kappa shape index (κ3) is 3.73. The van der Waals surface area contributed by atoms with Gasteiger partial charge in [0.05, 0.1) is 0 Å². The summed E-state index contributed by atoms with van der Waals surface area (Å²) in [6.07, 6.45) is 0.843. The molecular formula is C17H23N3O. The standard InChI is InChI=1S/C17H23N3O/c1-14-8-9-16(19(14)2)17(21)20(13-11-18)12-10-15-6-4-3-5-7-15/h3-9H,10-13,18H2,1-2H3. The molecule has 0 radical (unpaired) electrons. The largest absolute Gasteiger partial charge is 0.344 e. The van der Waals surface area contributed by atoms with Crippen molar-refractivity contribution in [1.82, 2.24) is 9.47 Å². The molecule has 0 spiro atoms. The van der Waals surface area contributed by atoms with E-state index in [9.17, 15) is 4.79 Å². The number of aromatic nitrogens is 1. The summed E-state index contributed by atoms with van der Waals surface area (Å²) in [5.74, 6) is 0.0481. The van der Waals surface area contributed by atoms with Crippen LogP contribution in [0.2, 0.25) is 0 Å². The molecule has 1 aromatic carbocycles. The highest BCUT2D eigenvalue weighted by Gasteiger charge is 2.18. The van der Waals surface area contributed by atoms with E-state index in [2.05, 4.69) is 12.1 Å². The summed E-state index contributed by atoms with van der Waals surface area (Å²) in [6, 6.07) is 14.0. The number of hydrogen-bond donors (Lipinski definition) is 1. The van der Waals surface area contributed by atoms with Crippen molar-refractivity contribution in [3.8, 4) is 0 Å². The number of nitrogens with two attached hydrogens (primary N) is 1. The Hall–Kier alpha value is -2.07. The van der Waals surface area contributed by atoms with E-state index < -0.39 is 0 Å². The second-order valence-corrected chi connectivity index (χ2v) is 5.24. The molecule has 0 aliphatic heterocycles. The molecule has 4 heteroatoms. The van der Waals surface area contributed by atoms with Gasteiger partial charge in [-0.15, -0.1) is 0 Å². The maximum absolute atomic E-state index is 12.6. The van der Waals surface area contributed by atoms with Crippen LogP contribution in [0.4, 0.5) is 0 Å². The minimum absolute atomic E-state index is 0.0481. The fraction of sp³-hybridized carbons (Fsp3) is 0.353. The number of nitrogens with zero attached hydrogens (tertiary/aromatic N) is 2. The molecule has 0 aliphatic rings. The molecule has 0 saturated carbocycles. The van der Waals surface area contributed by atoms with E-state index in [0.29, 0.717) is 25.3 Å². The minimum Gasteiger partial charge on any atom is -0.344 e. The van der Waals surface area contributed by atoms with Crippen LogP contribution in [0.25, 0.3) is 0 Å². The number of hydrogen-bond acceptors (Lipinski definition) is 2. The average molecular weight is 285 g/mol. The lowest BCUT2D eigenvalue weighted by atomic mass is 10.1. The third-order valence-electron chi connectivity index (χ3n) is 3.79. The van der Waals surface area contributed by atoms with Crippen LogP contribution in [0.5, 0.6) is 0 Å². The summed E-state index contributed by atoms with van der Waals surface area (Å²) in [6.45, 7) is 3.73. The highest BCUT2D eigenvalue weighted by molar-refractivity contribution is 5.93. The highest BCUT2D eigenvalue weighted by atomic mass is 16.2. The molecule has 21 heavy (non-hydrogen) atoms. The van der Waals surface area contributed by atoms with Crippen LogP contribution in [0.1, 0.15) is 21.7 Å². The van der Waals surface area contributed by atoms with Crippen LogP contribution < -0.4 is 5.73 Å². The van der Waals surface area contributed by atoms with Gasteiger partial charge in [0.1, 0.15) is 5.69 Å². The fourth-order valence-electron chi connectivity index (χ4n) is 2.37. The zero-order valence-electron chi connectivity index (χ0n) is 12.7. The quantitative estimate of drug-likeness (QED) is 0.882. The van der Waals surface area contributed by atoms with E-state index in [1.807, 2.05) is 53.8 Å². The van der Waals surface area contributed by atoms with Gasteiger partial charge in [-0.25, -0.2) is 0 Å². The van der Waals surface area contributed by atoms with Crippen LogP contribution in [0.15, 0.2) is 42.5 Å². The Morgan fingerprint density at radius 1 is 1.14 bits per heavy atom. The first-order valence-corrected chi connectivity index (χ1v) is 7.29. The molecule has 0 unspecified atom stereocenters. The monoisotopic (exact) mass is 285 g/mol. The molecule has 0 saturated heterocycles. The maximum atomic E-state index is 12.6. The van der Waals surface area contributed by atoms with Crippen molar-refractivity contribution < 1.29 is 4.79 Å². The summed E-state index contributed by atoms with van der Waals surface area (Å²) in [4.78, 5) is 14.5. The number of amides is 1. The average Bonchev–Trinajstić information content (AvgIpc) is 2.84. The summed E-state index contributed by atoms with van der Waals surface area (Å²) in [5.41, 5.74) is 8.68. The molecule has 0 aliphatic carbocycles. The zero-order valence-corrected chi connectivity index (χ0v) is 12.7. The van der Waals surface area contributed by atoms with Gasteiger partial charge in [0.25, 0.3) is 5.91 Å². The van der Waals surface area contributed by atoms with E-state index in [-0.39, 0.29) is 5.91 Å². The minimum atomic E-state index is 0.0481.